The number of pyridine rings is 2. The summed E-state index contributed by atoms with van der Waals surface area (Å²) in [5.41, 5.74) is 0.997. The molecule has 29 heavy (non-hydrogen) atoms. The second kappa shape index (κ2) is 7.14. The number of hydrogen-bond acceptors (Lipinski definition) is 6. The normalized spacial score (nSPS) is 14.1. The van der Waals surface area contributed by atoms with E-state index in [0.717, 1.165) is 53.1 Å². The van der Waals surface area contributed by atoms with Gasteiger partial charge in [-0.15, -0.1) is 0 Å². The number of fused-ring (bicyclic) bond motifs is 1. The van der Waals surface area contributed by atoms with E-state index in [-0.39, 0.29) is 11.6 Å². The van der Waals surface area contributed by atoms with Gasteiger partial charge in [0.25, 0.3) is 0 Å². The van der Waals surface area contributed by atoms with Crippen LogP contribution in [-0.2, 0) is 6.18 Å². The van der Waals surface area contributed by atoms with Gasteiger partial charge in [0, 0.05) is 5.56 Å². The number of thiazole rings is 1. The van der Waals surface area contributed by atoms with Crippen LogP contribution in [0.5, 0.6) is 5.88 Å². The second-order valence-corrected chi connectivity index (χ2v) is 7.79. The zero-order valence-corrected chi connectivity index (χ0v) is 16.2. The molecule has 3 aromatic heterocycles. The highest BCUT2D eigenvalue weighted by atomic mass is 32.1. The van der Waals surface area contributed by atoms with Crippen molar-refractivity contribution in [3.63, 3.8) is 0 Å². The summed E-state index contributed by atoms with van der Waals surface area (Å²) in [6.07, 6.45) is -0.0307. The smallest absolute Gasteiger partial charge is 0.421 e. The van der Waals surface area contributed by atoms with Gasteiger partial charge in [0.15, 0.2) is 0 Å². The Morgan fingerprint density at radius 1 is 1.24 bits per heavy atom. The molecule has 1 fully saturated rings. The molecule has 0 radical (unpaired) electrons. The summed E-state index contributed by atoms with van der Waals surface area (Å²) in [5, 5.41) is 5.94. The van der Waals surface area contributed by atoms with Gasteiger partial charge in [-0.2, -0.15) is 13.2 Å². The number of hydrogen-bond donors (Lipinski definition) is 2. The number of anilines is 2. The predicted octanol–water partition coefficient (Wildman–Crippen LogP) is 4.94. The van der Waals surface area contributed by atoms with Crippen LogP contribution in [-0.4, -0.2) is 28.1 Å². The van der Waals surface area contributed by atoms with E-state index in [2.05, 4.69) is 30.3 Å². The summed E-state index contributed by atoms with van der Waals surface area (Å²) < 4.78 is 44.1. The molecule has 1 aliphatic rings. The van der Waals surface area contributed by atoms with Gasteiger partial charge >= 0.3 is 12.2 Å². The number of ether oxygens (including phenoxy) is 1. The zero-order valence-electron chi connectivity index (χ0n) is 15.4. The van der Waals surface area contributed by atoms with Crippen molar-refractivity contribution >= 4 is 39.1 Å². The first-order chi connectivity index (χ1) is 13.8. The van der Waals surface area contributed by atoms with Crippen LogP contribution < -0.4 is 15.4 Å². The number of carbonyl (C=O) groups is 1. The van der Waals surface area contributed by atoms with Crippen LogP contribution in [0, 0.1) is 6.92 Å². The molecule has 0 saturated heterocycles. The van der Waals surface area contributed by atoms with Crippen LogP contribution in [0.4, 0.5) is 29.3 Å². The quantitative estimate of drug-likeness (QED) is 0.620. The highest BCUT2D eigenvalue weighted by Crippen LogP contribution is 2.46. The summed E-state index contributed by atoms with van der Waals surface area (Å²) >= 11 is 1.47. The molecule has 2 N–H and O–H groups in total. The third-order valence-corrected chi connectivity index (χ3v) is 5.29. The SMILES string of the molecule is COc1ncc(NC(=O)Nc2cnc3sc(C)nc3c2C2CC2)cc1C(F)(F)F. The Balaban J connectivity index is 1.59. The Kier molecular flexibility index (Phi) is 4.77. The lowest BCUT2D eigenvalue weighted by molar-refractivity contribution is -0.139. The van der Waals surface area contributed by atoms with Gasteiger partial charge < -0.3 is 15.4 Å². The molecule has 11 heteroatoms. The summed E-state index contributed by atoms with van der Waals surface area (Å²) in [6.45, 7) is 1.89. The molecule has 1 aliphatic carbocycles. The number of nitrogens with zero attached hydrogens (tertiary/aromatic N) is 3. The molecular weight excluding hydrogens is 407 g/mol. The van der Waals surface area contributed by atoms with Gasteiger partial charge in [-0.25, -0.2) is 19.7 Å². The van der Waals surface area contributed by atoms with Crippen LogP contribution in [0.3, 0.4) is 0 Å². The Labute approximate surface area is 167 Å². The van der Waals surface area contributed by atoms with E-state index in [1.165, 1.54) is 11.3 Å². The molecule has 152 valence electrons. The van der Waals surface area contributed by atoms with Gasteiger partial charge in [0.05, 0.1) is 35.9 Å². The van der Waals surface area contributed by atoms with Crippen molar-refractivity contribution in [3.8, 4) is 5.88 Å². The molecular formula is C18H16F3N5O2S. The molecule has 2 amide bonds. The van der Waals surface area contributed by atoms with Gasteiger partial charge in [-0.05, 0) is 31.7 Å². The zero-order chi connectivity index (χ0) is 20.8. The first kappa shape index (κ1) is 19.4. The van der Waals surface area contributed by atoms with E-state index in [1.54, 1.807) is 6.20 Å². The number of aryl methyl sites for hydroxylation is 1. The van der Waals surface area contributed by atoms with Crippen molar-refractivity contribution in [2.75, 3.05) is 17.7 Å². The molecule has 3 aromatic rings. The maximum absolute atomic E-state index is 13.1. The van der Waals surface area contributed by atoms with Gasteiger partial charge in [0.1, 0.15) is 15.9 Å². The first-order valence-electron chi connectivity index (χ1n) is 8.71. The Hall–Kier alpha value is -2.95. The van der Waals surface area contributed by atoms with Crippen LogP contribution in [0.2, 0.25) is 0 Å². The van der Waals surface area contributed by atoms with Crippen LogP contribution in [0.25, 0.3) is 10.3 Å². The lowest BCUT2D eigenvalue weighted by Gasteiger charge is -2.14. The fourth-order valence-corrected chi connectivity index (χ4v) is 3.83. The Morgan fingerprint density at radius 3 is 2.66 bits per heavy atom. The molecule has 0 spiro atoms. The van der Waals surface area contributed by atoms with Crippen LogP contribution >= 0.6 is 11.3 Å². The number of carbonyl (C=O) groups excluding carboxylic acids is 1. The van der Waals surface area contributed by atoms with E-state index < -0.39 is 23.7 Å². The summed E-state index contributed by atoms with van der Waals surface area (Å²) in [6, 6.07) is 0.0819. The number of rotatable bonds is 4. The van der Waals surface area contributed by atoms with Crippen molar-refractivity contribution in [2.24, 2.45) is 0 Å². The second-order valence-electron chi connectivity index (χ2n) is 6.60. The standard InChI is InChI=1S/C18H16F3N5O2S/c1-8-24-14-13(9-3-4-9)12(7-23-16(14)29-8)26-17(27)25-10-5-11(18(19,20)21)15(28-2)22-6-10/h5-7,9H,3-4H2,1-2H3,(H2,25,26,27). The third-order valence-electron chi connectivity index (χ3n) is 4.41. The number of aromatic nitrogens is 3. The van der Waals surface area contributed by atoms with E-state index in [9.17, 15) is 18.0 Å². The maximum atomic E-state index is 13.1. The molecule has 3 heterocycles. The largest absolute Gasteiger partial charge is 0.481 e. The number of alkyl halides is 3. The molecule has 0 aromatic carbocycles. The third kappa shape index (κ3) is 3.95. The number of halogens is 3. The fraction of sp³-hybridized carbons (Fsp3) is 0.333. The minimum atomic E-state index is -4.66. The van der Waals surface area contributed by atoms with Gasteiger partial charge in [0.2, 0.25) is 5.88 Å². The average molecular weight is 423 g/mol. The molecule has 4 rings (SSSR count). The van der Waals surface area contributed by atoms with Crippen LogP contribution in [0.1, 0.15) is 34.9 Å². The lowest BCUT2D eigenvalue weighted by Crippen LogP contribution is -2.21. The van der Waals surface area contributed by atoms with Crippen LogP contribution in [0.15, 0.2) is 18.5 Å². The van der Waals surface area contributed by atoms with Crippen molar-refractivity contribution in [1.29, 1.82) is 0 Å². The van der Waals surface area contributed by atoms with Crippen molar-refractivity contribution in [2.45, 2.75) is 31.9 Å². The highest BCUT2D eigenvalue weighted by molar-refractivity contribution is 7.18. The highest BCUT2D eigenvalue weighted by Gasteiger charge is 2.36. The summed E-state index contributed by atoms with van der Waals surface area (Å²) in [4.78, 5) is 25.7. The van der Waals surface area contributed by atoms with Gasteiger partial charge in [-0.3, -0.25) is 0 Å². The monoisotopic (exact) mass is 423 g/mol. The first-order valence-corrected chi connectivity index (χ1v) is 9.53. The number of amides is 2. The topological polar surface area (TPSA) is 89.0 Å². The molecule has 0 unspecified atom stereocenters. The number of nitrogens with one attached hydrogen (secondary N) is 2. The molecule has 0 atom stereocenters. The predicted molar refractivity (Wildman–Crippen MR) is 103 cm³/mol. The summed E-state index contributed by atoms with van der Waals surface area (Å²) in [7, 11) is 1.10. The fourth-order valence-electron chi connectivity index (χ4n) is 3.06. The van der Waals surface area contributed by atoms with E-state index >= 15 is 0 Å². The minimum Gasteiger partial charge on any atom is -0.481 e. The maximum Gasteiger partial charge on any atom is 0.421 e. The van der Waals surface area contributed by atoms with Crippen molar-refractivity contribution in [1.82, 2.24) is 15.0 Å². The molecule has 0 bridgehead atoms. The minimum absolute atomic E-state index is 0.109. The lowest BCUT2D eigenvalue weighted by atomic mass is 10.1. The number of methoxy groups -OCH3 is 1. The van der Waals surface area contributed by atoms with E-state index in [4.69, 9.17) is 0 Å². The Bertz CT molecular complexity index is 1100. The number of urea groups is 1. The van der Waals surface area contributed by atoms with E-state index in [0.29, 0.717) is 5.69 Å². The van der Waals surface area contributed by atoms with Crippen molar-refractivity contribution in [3.05, 3.63) is 34.6 Å². The Morgan fingerprint density at radius 2 is 2.00 bits per heavy atom. The molecule has 7 nitrogen and oxygen atoms in total. The van der Waals surface area contributed by atoms with Gasteiger partial charge in [-0.1, -0.05) is 11.3 Å². The average Bonchev–Trinajstić information content (AvgIpc) is 3.41. The molecule has 0 aliphatic heterocycles. The summed E-state index contributed by atoms with van der Waals surface area (Å²) in [5.74, 6) is -0.273. The van der Waals surface area contributed by atoms with Crippen molar-refractivity contribution < 1.29 is 22.7 Å². The van der Waals surface area contributed by atoms with E-state index in [1.807, 2.05) is 6.92 Å². The molecule has 1 saturated carbocycles.